The quantitative estimate of drug-likeness (QED) is 0.131. The number of anilines is 1. The zero-order valence-electron chi connectivity index (χ0n) is 16.3. The molecular formula is C18H29IN6O3. The largest absolute Gasteiger partial charge is 0.378 e. The topological polar surface area (TPSA) is 112 Å². The van der Waals surface area contributed by atoms with Crippen molar-refractivity contribution in [1.82, 2.24) is 15.5 Å². The zero-order chi connectivity index (χ0) is 19.6. The molecule has 28 heavy (non-hydrogen) atoms. The maximum atomic E-state index is 11.5. The molecule has 156 valence electrons. The van der Waals surface area contributed by atoms with Crippen molar-refractivity contribution in [2.24, 2.45) is 10.9 Å². The highest BCUT2D eigenvalue weighted by Crippen LogP contribution is 2.23. The summed E-state index contributed by atoms with van der Waals surface area (Å²) in [5, 5.41) is 20.1. The molecule has 1 aromatic rings. The Hall–Kier alpha value is -2.11. The molecule has 2 rings (SSSR count). The highest BCUT2D eigenvalue weighted by atomic mass is 127. The summed E-state index contributed by atoms with van der Waals surface area (Å²) in [6, 6.07) is 6.60. The molecule has 1 fully saturated rings. The summed E-state index contributed by atoms with van der Waals surface area (Å²) in [5.41, 5.74) is 0.578. The molecule has 0 aliphatic carbocycles. The van der Waals surface area contributed by atoms with Crippen molar-refractivity contribution >= 4 is 47.2 Å². The Balaban J connectivity index is 0.00000392. The van der Waals surface area contributed by atoms with E-state index < -0.39 is 4.92 Å². The van der Waals surface area contributed by atoms with E-state index in [0.29, 0.717) is 31.1 Å². The fourth-order valence-electron chi connectivity index (χ4n) is 3.20. The standard InChI is InChI=1S/C18H28N6O3.HI/c1-19-17(25)13-14-7-11-23(12-8-14)18(20-2)22-10-9-21-15-5-3-4-6-16(15)24(26)27;/h3-6,14,21H,7-13H2,1-2H3,(H,19,25)(H,20,22);1H. The number of carbonyl (C=O) groups is 1. The number of hydrogen-bond acceptors (Lipinski definition) is 5. The molecule has 0 radical (unpaired) electrons. The summed E-state index contributed by atoms with van der Waals surface area (Å²) in [7, 11) is 3.41. The molecule has 1 heterocycles. The lowest BCUT2D eigenvalue weighted by atomic mass is 9.93. The van der Waals surface area contributed by atoms with Crippen molar-refractivity contribution in [1.29, 1.82) is 0 Å². The van der Waals surface area contributed by atoms with Gasteiger partial charge >= 0.3 is 0 Å². The number of rotatable bonds is 7. The van der Waals surface area contributed by atoms with Crippen molar-refractivity contribution in [2.45, 2.75) is 19.3 Å². The van der Waals surface area contributed by atoms with Crippen molar-refractivity contribution in [3.8, 4) is 0 Å². The minimum absolute atomic E-state index is 0. The second kappa shape index (κ2) is 12.4. The van der Waals surface area contributed by atoms with Gasteiger partial charge in [0.1, 0.15) is 5.69 Å². The van der Waals surface area contributed by atoms with E-state index in [1.165, 1.54) is 6.07 Å². The van der Waals surface area contributed by atoms with Crippen LogP contribution in [0.5, 0.6) is 0 Å². The lowest BCUT2D eigenvalue weighted by molar-refractivity contribution is -0.384. The molecule has 0 saturated carbocycles. The summed E-state index contributed by atoms with van der Waals surface area (Å²) in [6.45, 7) is 2.85. The van der Waals surface area contributed by atoms with Gasteiger partial charge in [-0.25, -0.2) is 0 Å². The molecule has 0 aromatic heterocycles. The number of nitrogens with one attached hydrogen (secondary N) is 3. The number of amides is 1. The van der Waals surface area contributed by atoms with E-state index in [1.807, 2.05) is 0 Å². The Kier molecular flexibility index (Phi) is 10.6. The van der Waals surface area contributed by atoms with Crippen LogP contribution in [-0.2, 0) is 4.79 Å². The van der Waals surface area contributed by atoms with E-state index in [1.54, 1.807) is 32.3 Å². The SMILES string of the molecule is CN=C(NCCNc1ccccc1[N+](=O)[O-])N1CCC(CC(=O)NC)CC1.I. The van der Waals surface area contributed by atoms with Crippen LogP contribution in [0.25, 0.3) is 0 Å². The molecule has 1 aromatic carbocycles. The van der Waals surface area contributed by atoms with Crippen molar-refractivity contribution in [2.75, 3.05) is 45.6 Å². The third kappa shape index (κ3) is 7.13. The third-order valence-corrected chi connectivity index (χ3v) is 4.70. The van der Waals surface area contributed by atoms with Gasteiger partial charge in [-0.05, 0) is 24.8 Å². The van der Waals surface area contributed by atoms with E-state index in [4.69, 9.17) is 0 Å². The second-order valence-corrected chi connectivity index (χ2v) is 6.48. The number of nitrogens with zero attached hydrogens (tertiary/aromatic N) is 3. The molecule has 0 bridgehead atoms. The van der Waals surface area contributed by atoms with Gasteiger partial charge in [0.05, 0.1) is 4.92 Å². The van der Waals surface area contributed by atoms with Crippen molar-refractivity contribution in [3.05, 3.63) is 34.4 Å². The predicted octanol–water partition coefficient (Wildman–Crippen LogP) is 2.05. The van der Waals surface area contributed by atoms with Gasteiger partial charge in [0.2, 0.25) is 5.91 Å². The maximum Gasteiger partial charge on any atom is 0.292 e. The summed E-state index contributed by atoms with van der Waals surface area (Å²) in [5.74, 6) is 1.33. The fourth-order valence-corrected chi connectivity index (χ4v) is 3.20. The van der Waals surface area contributed by atoms with Gasteiger partial charge in [0, 0.05) is 52.8 Å². The monoisotopic (exact) mass is 504 g/mol. The number of benzene rings is 1. The first-order valence-corrected chi connectivity index (χ1v) is 9.18. The number of likely N-dealkylation sites (tertiary alicyclic amines) is 1. The first-order valence-electron chi connectivity index (χ1n) is 9.18. The molecule has 0 spiro atoms. The van der Waals surface area contributed by atoms with E-state index in [2.05, 4.69) is 25.8 Å². The molecule has 1 amide bonds. The van der Waals surface area contributed by atoms with E-state index in [0.717, 1.165) is 31.9 Å². The van der Waals surface area contributed by atoms with E-state index in [-0.39, 0.29) is 35.6 Å². The van der Waals surface area contributed by atoms with Crippen LogP contribution >= 0.6 is 24.0 Å². The number of guanidine groups is 1. The molecule has 3 N–H and O–H groups in total. The van der Waals surface area contributed by atoms with Crippen LogP contribution < -0.4 is 16.0 Å². The minimum Gasteiger partial charge on any atom is -0.378 e. The van der Waals surface area contributed by atoms with Gasteiger partial charge in [0.15, 0.2) is 5.96 Å². The van der Waals surface area contributed by atoms with Gasteiger partial charge in [-0.15, -0.1) is 24.0 Å². The van der Waals surface area contributed by atoms with Crippen molar-refractivity contribution in [3.63, 3.8) is 0 Å². The molecule has 0 unspecified atom stereocenters. The molecule has 9 nitrogen and oxygen atoms in total. The number of hydrogen-bond donors (Lipinski definition) is 3. The molecule has 10 heteroatoms. The third-order valence-electron chi connectivity index (χ3n) is 4.70. The van der Waals surface area contributed by atoms with Gasteiger partial charge in [-0.3, -0.25) is 19.9 Å². The Morgan fingerprint density at radius 3 is 2.57 bits per heavy atom. The summed E-state index contributed by atoms with van der Waals surface area (Å²) < 4.78 is 0. The van der Waals surface area contributed by atoms with Gasteiger partial charge in [0.25, 0.3) is 5.69 Å². The number of para-hydroxylation sites is 2. The highest BCUT2D eigenvalue weighted by Gasteiger charge is 2.23. The minimum atomic E-state index is -0.391. The lowest BCUT2D eigenvalue weighted by Crippen LogP contribution is -2.47. The van der Waals surface area contributed by atoms with Crippen LogP contribution in [0, 0.1) is 16.0 Å². The second-order valence-electron chi connectivity index (χ2n) is 6.48. The summed E-state index contributed by atoms with van der Waals surface area (Å²) in [6.07, 6.45) is 2.50. The number of nitro benzene ring substituents is 1. The lowest BCUT2D eigenvalue weighted by Gasteiger charge is -2.34. The first kappa shape index (κ1) is 23.9. The maximum absolute atomic E-state index is 11.5. The number of nitro groups is 1. The number of aliphatic imine (C=N–C) groups is 1. The average molecular weight is 504 g/mol. The van der Waals surface area contributed by atoms with Crippen LogP contribution in [-0.4, -0.2) is 62.0 Å². The molecule has 1 aliphatic heterocycles. The summed E-state index contributed by atoms with van der Waals surface area (Å²) in [4.78, 5) is 28.6. The number of piperidine rings is 1. The average Bonchev–Trinajstić information content (AvgIpc) is 2.69. The smallest absolute Gasteiger partial charge is 0.292 e. The van der Waals surface area contributed by atoms with Crippen LogP contribution in [0.4, 0.5) is 11.4 Å². The fraction of sp³-hybridized carbons (Fsp3) is 0.556. The van der Waals surface area contributed by atoms with E-state index in [9.17, 15) is 14.9 Å². The molecule has 1 saturated heterocycles. The summed E-state index contributed by atoms with van der Waals surface area (Å²) >= 11 is 0. The Bertz CT molecular complexity index is 677. The van der Waals surface area contributed by atoms with Crippen LogP contribution in [0.15, 0.2) is 29.3 Å². The van der Waals surface area contributed by atoms with Crippen molar-refractivity contribution < 1.29 is 9.72 Å². The Morgan fingerprint density at radius 2 is 1.96 bits per heavy atom. The Labute approximate surface area is 182 Å². The zero-order valence-corrected chi connectivity index (χ0v) is 18.6. The van der Waals surface area contributed by atoms with Gasteiger partial charge < -0.3 is 20.9 Å². The Morgan fingerprint density at radius 1 is 1.29 bits per heavy atom. The molecule has 1 aliphatic rings. The van der Waals surface area contributed by atoms with Crippen LogP contribution in [0.3, 0.4) is 0 Å². The van der Waals surface area contributed by atoms with Gasteiger partial charge in [-0.1, -0.05) is 12.1 Å². The molecular weight excluding hydrogens is 475 g/mol. The van der Waals surface area contributed by atoms with E-state index >= 15 is 0 Å². The number of carbonyl (C=O) groups excluding carboxylic acids is 1. The van der Waals surface area contributed by atoms with Crippen LogP contribution in [0.1, 0.15) is 19.3 Å². The normalized spacial score (nSPS) is 14.8. The first-order chi connectivity index (χ1) is 13.0. The number of halogens is 1. The highest BCUT2D eigenvalue weighted by molar-refractivity contribution is 14.0. The molecule has 0 atom stereocenters. The van der Waals surface area contributed by atoms with Crippen LogP contribution in [0.2, 0.25) is 0 Å². The van der Waals surface area contributed by atoms with Gasteiger partial charge in [-0.2, -0.15) is 0 Å². The predicted molar refractivity (Wildman–Crippen MR) is 121 cm³/mol.